The van der Waals surface area contributed by atoms with Crippen LogP contribution in [0.4, 0.5) is 5.69 Å². The van der Waals surface area contributed by atoms with E-state index >= 15 is 0 Å². The number of rotatable bonds is 2. The van der Waals surface area contributed by atoms with Gasteiger partial charge in [0.15, 0.2) is 0 Å². The third kappa shape index (κ3) is 2.17. The molecule has 0 aliphatic carbocycles. The van der Waals surface area contributed by atoms with E-state index in [4.69, 9.17) is 5.73 Å². The zero-order chi connectivity index (χ0) is 9.19. The van der Waals surface area contributed by atoms with Crippen molar-refractivity contribution in [1.82, 2.24) is 0 Å². The second-order valence-electron chi connectivity index (χ2n) is 2.12. The summed E-state index contributed by atoms with van der Waals surface area (Å²) >= 11 is -0.0300. The second-order valence-corrected chi connectivity index (χ2v) is 5.94. The standard InChI is InChI=1S/C6H7NO3S.Tl/c7-5-1-3-6(4-2-5)11(8,9)10;/h1-4H,7H2,(H,8,9,10);/q;+1/p-1. The molecule has 0 bridgehead atoms. The maximum absolute atomic E-state index is 11.1. The molecule has 1 aromatic carbocycles. The topological polar surface area (TPSA) is 69.4 Å². The number of benzene rings is 1. The molecule has 0 unspecified atom stereocenters. The van der Waals surface area contributed by atoms with E-state index in [-0.39, 0.29) is 31.1 Å². The van der Waals surface area contributed by atoms with Crippen LogP contribution in [0.3, 0.4) is 0 Å². The van der Waals surface area contributed by atoms with Gasteiger partial charge in [-0.3, -0.25) is 0 Å². The molecule has 1 rings (SSSR count). The molecule has 0 aliphatic rings. The first-order valence-electron chi connectivity index (χ1n) is 3.05. The summed E-state index contributed by atoms with van der Waals surface area (Å²) in [5.41, 5.74) is 5.92. The summed E-state index contributed by atoms with van der Waals surface area (Å²) in [6, 6.07) is 5.90. The van der Waals surface area contributed by atoms with Crippen molar-refractivity contribution in [2.24, 2.45) is 0 Å². The van der Waals surface area contributed by atoms with Crippen LogP contribution in [0.15, 0.2) is 29.2 Å². The molecule has 0 aromatic heterocycles. The normalized spacial score (nSPS) is 11.2. The van der Waals surface area contributed by atoms with Crippen LogP contribution >= 0.6 is 0 Å². The van der Waals surface area contributed by atoms with Crippen molar-refractivity contribution < 1.29 is 10.6 Å². The van der Waals surface area contributed by atoms with Crippen LogP contribution in [0.5, 0.6) is 0 Å². The van der Waals surface area contributed by atoms with Crippen molar-refractivity contribution in [3.8, 4) is 0 Å². The summed E-state index contributed by atoms with van der Waals surface area (Å²) in [6.07, 6.45) is 0. The molecule has 0 saturated carbocycles. The number of nitrogen functional groups attached to an aromatic ring is 1. The average Bonchev–Trinajstić information content (AvgIpc) is 2.05. The molecule has 2 N–H and O–H groups in total. The Morgan fingerprint density at radius 3 is 2.17 bits per heavy atom. The van der Waals surface area contributed by atoms with Gasteiger partial charge in [0.05, 0.1) is 0 Å². The van der Waals surface area contributed by atoms with Gasteiger partial charge in [-0.15, -0.1) is 0 Å². The molecule has 4 nitrogen and oxygen atoms in total. The van der Waals surface area contributed by atoms with E-state index < -0.39 is 10.1 Å². The van der Waals surface area contributed by atoms with Crippen LogP contribution in [0.1, 0.15) is 0 Å². The Hall–Kier alpha value is -0.148. The Labute approximate surface area is 87.2 Å². The molecule has 0 radical (unpaired) electrons. The van der Waals surface area contributed by atoms with Gasteiger partial charge in [0.2, 0.25) is 0 Å². The molecule has 0 fully saturated rings. The fraction of sp³-hybridized carbons (Fsp3) is 0. The molecule has 0 saturated heterocycles. The van der Waals surface area contributed by atoms with Gasteiger partial charge in [0.1, 0.15) is 0 Å². The van der Waals surface area contributed by atoms with Crippen molar-refractivity contribution in [3.63, 3.8) is 0 Å². The summed E-state index contributed by atoms with van der Waals surface area (Å²) < 4.78 is 26.6. The zero-order valence-electron chi connectivity index (χ0n) is 6.10. The molecular formula is C6H6NO3STl. The maximum atomic E-state index is 11.1. The Kier molecular flexibility index (Phi) is 3.07. The second kappa shape index (κ2) is 3.71. The monoisotopic (exact) mass is 377 g/mol. The van der Waals surface area contributed by atoms with Gasteiger partial charge >= 0.3 is 87.5 Å². The quantitative estimate of drug-likeness (QED) is 0.585. The van der Waals surface area contributed by atoms with Crippen LogP contribution in [-0.4, -0.2) is 34.6 Å². The molecule has 1 aromatic rings. The summed E-state index contributed by atoms with van der Waals surface area (Å²) in [7, 11) is -3.50. The van der Waals surface area contributed by atoms with Crippen molar-refractivity contribution >= 4 is 42.0 Å². The zero-order valence-corrected chi connectivity index (χ0v) is 11.4. The Morgan fingerprint density at radius 2 is 1.75 bits per heavy atom. The van der Waals surface area contributed by atoms with E-state index in [0.29, 0.717) is 5.69 Å². The van der Waals surface area contributed by atoms with E-state index in [1.807, 2.05) is 0 Å². The van der Waals surface area contributed by atoms with Crippen molar-refractivity contribution in [2.75, 3.05) is 5.73 Å². The molecule has 0 heterocycles. The molecule has 0 spiro atoms. The van der Waals surface area contributed by atoms with Gasteiger partial charge in [-0.1, -0.05) is 0 Å². The van der Waals surface area contributed by atoms with E-state index in [1.54, 1.807) is 0 Å². The first kappa shape index (κ1) is 9.94. The van der Waals surface area contributed by atoms with Gasteiger partial charge in [0, 0.05) is 0 Å². The summed E-state index contributed by atoms with van der Waals surface area (Å²) in [5, 5.41) is 0. The van der Waals surface area contributed by atoms with E-state index in [1.165, 1.54) is 24.3 Å². The van der Waals surface area contributed by atoms with E-state index in [9.17, 15) is 8.42 Å². The van der Waals surface area contributed by atoms with Crippen LogP contribution in [0.25, 0.3) is 0 Å². The van der Waals surface area contributed by atoms with Crippen molar-refractivity contribution in [1.29, 1.82) is 0 Å². The molecule has 62 valence electrons. The minimum absolute atomic E-state index is 0.0300. The Morgan fingerprint density at radius 1 is 1.25 bits per heavy atom. The van der Waals surface area contributed by atoms with Gasteiger partial charge < -0.3 is 0 Å². The van der Waals surface area contributed by atoms with Gasteiger partial charge in [-0.2, -0.15) is 0 Å². The van der Waals surface area contributed by atoms with Gasteiger partial charge in [0.25, 0.3) is 0 Å². The minimum atomic E-state index is -3.50. The first-order chi connectivity index (χ1) is 5.56. The molecule has 6 heteroatoms. The Bertz CT molecular complexity index is 359. The molecular weight excluding hydrogens is 371 g/mol. The number of anilines is 1. The number of hydrogen-bond acceptors (Lipinski definition) is 4. The Balaban J connectivity index is 3.14. The first-order valence-corrected chi connectivity index (χ1v) is 6.29. The molecule has 0 aliphatic heterocycles. The van der Waals surface area contributed by atoms with Crippen LogP contribution < -0.4 is 5.73 Å². The predicted octanol–water partition coefficient (Wildman–Crippen LogP) is 0.0576. The third-order valence-corrected chi connectivity index (χ3v) is 5.35. The van der Waals surface area contributed by atoms with Crippen molar-refractivity contribution in [3.05, 3.63) is 24.3 Å². The average molecular weight is 377 g/mol. The SMILES string of the molecule is Nc1ccc(S(=O)(=O)[O][Tl])cc1. The summed E-state index contributed by atoms with van der Waals surface area (Å²) in [4.78, 5) is 0.152. The number of nitrogens with two attached hydrogens (primary N) is 1. The predicted molar refractivity (Wildman–Crippen MR) is 44.9 cm³/mol. The summed E-state index contributed by atoms with van der Waals surface area (Å²) in [6.45, 7) is 0. The van der Waals surface area contributed by atoms with Gasteiger partial charge in [-0.25, -0.2) is 0 Å². The van der Waals surface area contributed by atoms with Gasteiger partial charge in [-0.05, 0) is 0 Å². The summed E-state index contributed by atoms with van der Waals surface area (Å²) in [5.74, 6) is 0. The van der Waals surface area contributed by atoms with Crippen LogP contribution in [0.2, 0.25) is 0 Å². The fourth-order valence-corrected chi connectivity index (χ4v) is 2.57. The number of hydrogen-bond donors (Lipinski definition) is 1. The fourth-order valence-electron chi connectivity index (χ4n) is 0.690. The third-order valence-electron chi connectivity index (χ3n) is 1.30. The van der Waals surface area contributed by atoms with E-state index in [2.05, 4.69) is 2.13 Å². The molecule has 12 heavy (non-hydrogen) atoms. The van der Waals surface area contributed by atoms with Crippen molar-refractivity contribution in [2.45, 2.75) is 4.90 Å². The van der Waals surface area contributed by atoms with Crippen LogP contribution in [0, 0.1) is 0 Å². The molecule has 0 amide bonds. The van der Waals surface area contributed by atoms with E-state index in [0.717, 1.165) is 0 Å². The molecule has 0 atom stereocenters. The van der Waals surface area contributed by atoms with Crippen LogP contribution in [-0.2, 0) is 12.3 Å².